The first-order chi connectivity index (χ1) is 12.7. The van der Waals surface area contributed by atoms with Crippen LogP contribution in [0.4, 0.5) is 0 Å². The van der Waals surface area contributed by atoms with Crippen LogP contribution in [0.1, 0.15) is 78.6 Å². The molecule has 154 valence electrons. The highest BCUT2D eigenvalue weighted by molar-refractivity contribution is 5.67. The van der Waals surface area contributed by atoms with E-state index in [1.807, 2.05) is 0 Å². The molecule has 27 heavy (non-hydrogen) atoms. The molecule has 4 saturated carbocycles. The van der Waals surface area contributed by atoms with Crippen molar-refractivity contribution in [2.75, 3.05) is 0 Å². The maximum atomic E-state index is 11.3. The molecule has 4 aliphatic carbocycles. The van der Waals surface area contributed by atoms with Crippen molar-refractivity contribution in [2.24, 2.45) is 46.3 Å². The zero-order valence-corrected chi connectivity index (χ0v) is 17.2. The molecule has 4 fully saturated rings. The molecule has 0 aliphatic heterocycles. The molecule has 0 heterocycles. The number of carbonyl (C=O) groups is 1. The van der Waals surface area contributed by atoms with Crippen molar-refractivity contribution >= 4 is 5.97 Å². The first-order valence-electron chi connectivity index (χ1n) is 11.2. The van der Waals surface area contributed by atoms with Crippen LogP contribution in [-0.4, -0.2) is 33.5 Å². The summed E-state index contributed by atoms with van der Waals surface area (Å²) in [6.07, 6.45) is 8.12. The number of carboxylic acid groups (broad SMARTS) is 1. The third kappa shape index (κ3) is 2.97. The van der Waals surface area contributed by atoms with E-state index >= 15 is 0 Å². The number of rotatable bonds is 3. The van der Waals surface area contributed by atoms with Crippen LogP contribution in [0.2, 0.25) is 0 Å². The lowest BCUT2D eigenvalue weighted by molar-refractivity contribution is -0.174. The number of carboxylic acids is 1. The SMILES string of the molecule is C[C@H](CC(=O)O)[C@H]1CC[C@H]2[C@@H]3[C@@H](O)C[C@@H]4C[C@H](O)CCC4(C)[C@H]3CCC12C. The summed E-state index contributed by atoms with van der Waals surface area (Å²) in [5.41, 5.74) is 0.434. The van der Waals surface area contributed by atoms with Crippen molar-refractivity contribution in [1.29, 1.82) is 0 Å². The molecule has 0 aromatic rings. The van der Waals surface area contributed by atoms with Crippen LogP contribution in [-0.2, 0) is 4.79 Å². The highest BCUT2D eigenvalue weighted by Gasteiger charge is 2.62. The van der Waals surface area contributed by atoms with Gasteiger partial charge in [0.25, 0.3) is 0 Å². The van der Waals surface area contributed by atoms with E-state index in [4.69, 9.17) is 0 Å². The van der Waals surface area contributed by atoms with E-state index in [1.54, 1.807) is 0 Å². The van der Waals surface area contributed by atoms with Gasteiger partial charge >= 0.3 is 5.97 Å². The molecule has 10 atom stereocenters. The lowest BCUT2D eigenvalue weighted by Gasteiger charge is -2.62. The van der Waals surface area contributed by atoms with Gasteiger partial charge in [-0.1, -0.05) is 20.8 Å². The Labute approximate surface area is 163 Å². The number of aliphatic hydroxyl groups excluding tert-OH is 2. The minimum Gasteiger partial charge on any atom is -0.481 e. The standard InChI is InChI=1S/C23H38O4/c1-13(10-20(26)27)16-4-5-17-21-18(7-9-23(16,17)3)22(2)8-6-15(24)11-14(22)12-19(21)25/h13-19,21,24-25H,4-12H2,1-3H3,(H,26,27)/t13-,14+,15-,16-,17+,18+,19+,21+,22?,23?/m1/s1. The fourth-order valence-corrected chi connectivity index (χ4v) is 8.59. The molecule has 0 aromatic heterocycles. The lowest BCUT2D eigenvalue weighted by atomic mass is 9.43. The normalized spacial score (nSPS) is 53.1. The summed E-state index contributed by atoms with van der Waals surface area (Å²) in [5, 5.41) is 30.7. The van der Waals surface area contributed by atoms with Crippen molar-refractivity contribution in [1.82, 2.24) is 0 Å². The third-order valence-electron chi connectivity index (χ3n) is 9.91. The number of hydrogen-bond acceptors (Lipinski definition) is 3. The fourth-order valence-electron chi connectivity index (χ4n) is 8.59. The number of aliphatic hydroxyl groups is 2. The summed E-state index contributed by atoms with van der Waals surface area (Å²) >= 11 is 0. The van der Waals surface area contributed by atoms with Gasteiger partial charge in [0, 0.05) is 6.42 Å². The topological polar surface area (TPSA) is 77.8 Å². The van der Waals surface area contributed by atoms with Gasteiger partial charge < -0.3 is 15.3 Å². The van der Waals surface area contributed by atoms with Gasteiger partial charge in [-0.3, -0.25) is 4.79 Å². The molecule has 4 heteroatoms. The van der Waals surface area contributed by atoms with E-state index in [0.717, 1.165) is 44.9 Å². The summed E-state index contributed by atoms with van der Waals surface area (Å²) in [6, 6.07) is 0. The van der Waals surface area contributed by atoms with Gasteiger partial charge in [0.15, 0.2) is 0 Å². The summed E-state index contributed by atoms with van der Waals surface area (Å²) in [7, 11) is 0. The Kier molecular flexibility index (Phi) is 4.91. The van der Waals surface area contributed by atoms with Gasteiger partial charge in [-0.05, 0) is 97.7 Å². The van der Waals surface area contributed by atoms with E-state index in [1.165, 1.54) is 6.42 Å². The molecule has 4 rings (SSSR count). The smallest absolute Gasteiger partial charge is 0.303 e. The Bertz CT molecular complexity index is 591. The van der Waals surface area contributed by atoms with E-state index in [9.17, 15) is 20.1 Å². The monoisotopic (exact) mass is 378 g/mol. The molecule has 4 nitrogen and oxygen atoms in total. The van der Waals surface area contributed by atoms with Gasteiger partial charge in [-0.15, -0.1) is 0 Å². The zero-order chi connectivity index (χ0) is 19.6. The van der Waals surface area contributed by atoms with E-state index < -0.39 is 5.97 Å². The number of fused-ring (bicyclic) bond motifs is 5. The molecule has 0 bridgehead atoms. The summed E-state index contributed by atoms with van der Waals surface area (Å²) in [4.78, 5) is 11.3. The van der Waals surface area contributed by atoms with Crippen molar-refractivity contribution in [2.45, 2.75) is 90.8 Å². The van der Waals surface area contributed by atoms with E-state index in [0.29, 0.717) is 29.6 Å². The Hall–Kier alpha value is -0.610. The Morgan fingerprint density at radius 1 is 1.00 bits per heavy atom. The van der Waals surface area contributed by atoms with E-state index in [-0.39, 0.29) is 35.4 Å². The summed E-state index contributed by atoms with van der Waals surface area (Å²) < 4.78 is 0. The quantitative estimate of drug-likeness (QED) is 0.691. The second kappa shape index (κ2) is 6.73. The lowest BCUT2D eigenvalue weighted by Crippen LogP contribution is -2.58. The van der Waals surface area contributed by atoms with Crippen LogP contribution in [0.15, 0.2) is 0 Å². The largest absolute Gasteiger partial charge is 0.481 e. The fraction of sp³-hybridized carbons (Fsp3) is 0.957. The highest BCUT2D eigenvalue weighted by Crippen LogP contribution is 2.68. The predicted molar refractivity (Wildman–Crippen MR) is 104 cm³/mol. The summed E-state index contributed by atoms with van der Waals surface area (Å²) in [6.45, 7) is 6.96. The average Bonchev–Trinajstić information content (AvgIpc) is 2.93. The van der Waals surface area contributed by atoms with Crippen molar-refractivity contribution in [3.8, 4) is 0 Å². The first kappa shape index (κ1) is 19.7. The Balaban J connectivity index is 1.60. The maximum absolute atomic E-state index is 11.3. The van der Waals surface area contributed by atoms with Crippen LogP contribution in [0.3, 0.4) is 0 Å². The molecule has 0 radical (unpaired) electrons. The minimum atomic E-state index is -0.683. The van der Waals surface area contributed by atoms with E-state index in [2.05, 4.69) is 20.8 Å². The first-order valence-corrected chi connectivity index (χ1v) is 11.2. The van der Waals surface area contributed by atoms with Crippen LogP contribution >= 0.6 is 0 Å². The van der Waals surface area contributed by atoms with Crippen LogP contribution in [0, 0.1) is 46.3 Å². The van der Waals surface area contributed by atoms with Crippen LogP contribution < -0.4 is 0 Å². The second-order valence-electron chi connectivity index (χ2n) is 11.0. The molecule has 0 aromatic carbocycles. The van der Waals surface area contributed by atoms with Crippen molar-refractivity contribution in [3.05, 3.63) is 0 Å². The Morgan fingerprint density at radius 3 is 2.37 bits per heavy atom. The predicted octanol–water partition coefficient (Wildman–Crippen LogP) is 4.09. The Morgan fingerprint density at radius 2 is 1.67 bits per heavy atom. The van der Waals surface area contributed by atoms with Gasteiger partial charge in [0.2, 0.25) is 0 Å². The maximum Gasteiger partial charge on any atom is 0.303 e. The molecular weight excluding hydrogens is 340 g/mol. The molecule has 3 N–H and O–H groups in total. The second-order valence-corrected chi connectivity index (χ2v) is 11.0. The number of aliphatic carboxylic acids is 1. The van der Waals surface area contributed by atoms with Gasteiger partial charge in [-0.25, -0.2) is 0 Å². The highest BCUT2D eigenvalue weighted by atomic mass is 16.4. The average molecular weight is 379 g/mol. The molecule has 2 unspecified atom stereocenters. The molecule has 0 spiro atoms. The van der Waals surface area contributed by atoms with Gasteiger partial charge in [0.05, 0.1) is 12.2 Å². The van der Waals surface area contributed by atoms with Crippen molar-refractivity contribution < 1.29 is 20.1 Å². The molecular formula is C23H38O4. The third-order valence-corrected chi connectivity index (χ3v) is 9.91. The minimum absolute atomic E-state index is 0.175. The zero-order valence-electron chi connectivity index (χ0n) is 17.2. The molecule has 4 aliphatic rings. The molecule has 0 saturated heterocycles. The van der Waals surface area contributed by atoms with Gasteiger partial charge in [-0.2, -0.15) is 0 Å². The van der Waals surface area contributed by atoms with Gasteiger partial charge in [0.1, 0.15) is 0 Å². The number of hydrogen-bond donors (Lipinski definition) is 3. The molecule has 0 amide bonds. The van der Waals surface area contributed by atoms with Crippen LogP contribution in [0.25, 0.3) is 0 Å². The van der Waals surface area contributed by atoms with Crippen LogP contribution in [0.5, 0.6) is 0 Å². The summed E-state index contributed by atoms with van der Waals surface area (Å²) in [5.74, 6) is 1.89. The van der Waals surface area contributed by atoms with Crippen molar-refractivity contribution in [3.63, 3.8) is 0 Å².